The highest BCUT2D eigenvalue weighted by Gasteiger charge is 1.96. The van der Waals surface area contributed by atoms with Crippen LogP contribution in [0.25, 0.3) is 0 Å². The second-order valence-electron chi connectivity index (χ2n) is 7.28. The lowest BCUT2D eigenvalue weighted by Crippen LogP contribution is -1.97. The van der Waals surface area contributed by atoms with Gasteiger partial charge in [-0.1, -0.05) is 89.9 Å². The number of hydrogen-bond acceptors (Lipinski definition) is 2. The van der Waals surface area contributed by atoms with Crippen molar-refractivity contribution in [2.75, 3.05) is 6.54 Å². The van der Waals surface area contributed by atoms with Gasteiger partial charge in [-0.15, -0.1) is 0 Å². The molecular formula is C21H41N3. The Kier molecular flexibility index (Phi) is 15.0. The van der Waals surface area contributed by atoms with Gasteiger partial charge in [0.05, 0.1) is 0 Å². The molecule has 0 radical (unpaired) electrons. The summed E-state index contributed by atoms with van der Waals surface area (Å²) in [7, 11) is 0. The number of rotatable bonds is 18. The van der Waals surface area contributed by atoms with Crippen LogP contribution in [0.2, 0.25) is 0 Å². The minimum Gasteiger partial charge on any atom is -0.330 e. The molecule has 3 heteroatoms. The largest absolute Gasteiger partial charge is 0.330 e. The van der Waals surface area contributed by atoms with E-state index in [1.54, 1.807) is 0 Å². The van der Waals surface area contributed by atoms with E-state index in [0.29, 0.717) is 0 Å². The van der Waals surface area contributed by atoms with Crippen LogP contribution in [0.5, 0.6) is 0 Å². The van der Waals surface area contributed by atoms with Crippen LogP contribution in [-0.2, 0) is 6.42 Å². The summed E-state index contributed by atoms with van der Waals surface area (Å²) >= 11 is 0. The number of aromatic amines is 1. The quantitative estimate of drug-likeness (QED) is 0.316. The van der Waals surface area contributed by atoms with Crippen molar-refractivity contribution >= 4 is 0 Å². The smallest absolute Gasteiger partial charge is 0.0490 e. The summed E-state index contributed by atoms with van der Waals surface area (Å²) in [6.07, 6.45) is 25.4. The van der Waals surface area contributed by atoms with Crippen molar-refractivity contribution in [3.8, 4) is 0 Å². The highest BCUT2D eigenvalue weighted by atomic mass is 15.1. The van der Waals surface area contributed by atoms with Crippen LogP contribution in [0.3, 0.4) is 0 Å². The summed E-state index contributed by atoms with van der Waals surface area (Å²) in [5, 5.41) is 7.03. The minimum absolute atomic E-state index is 0.866. The van der Waals surface area contributed by atoms with Crippen molar-refractivity contribution in [3.63, 3.8) is 0 Å². The Morgan fingerprint density at radius 2 is 1.04 bits per heavy atom. The molecule has 0 bridgehead atoms. The number of aryl methyl sites for hydroxylation is 1. The van der Waals surface area contributed by atoms with Crippen molar-refractivity contribution in [1.29, 1.82) is 0 Å². The van der Waals surface area contributed by atoms with Crippen molar-refractivity contribution in [3.05, 3.63) is 18.0 Å². The second-order valence-corrected chi connectivity index (χ2v) is 7.28. The molecule has 0 aliphatic carbocycles. The topological polar surface area (TPSA) is 54.7 Å². The molecule has 1 aromatic rings. The summed E-state index contributed by atoms with van der Waals surface area (Å²) in [5.74, 6) is 0. The number of aromatic nitrogens is 2. The third-order valence-electron chi connectivity index (χ3n) is 4.96. The zero-order valence-corrected chi connectivity index (χ0v) is 15.9. The van der Waals surface area contributed by atoms with Crippen molar-refractivity contribution < 1.29 is 0 Å². The summed E-state index contributed by atoms with van der Waals surface area (Å²) < 4.78 is 0. The highest BCUT2D eigenvalue weighted by molar-refractivity contribution is 4.96. The Morgan fingerprint density at radius 3 is 1.42 bits per heavy atom. The standard InChI is InChI=1S/C21H41N3/c22-19-16-14-12-10-8-6-4-2-1-3-5-7-9-11-13-15-17-21-18-20-23-24-21/h18,20H,1-17,19,22H2,(H,23,24). The lowest BCUT2D eigenvalue weighted by Gasteiger charge is -2.03. The van der Waals surface area contributed by atoms with E-state index >= 15 is 0 Å². The van der Waals surface area contributed by atoms with Gasteiger partial charge in [-0.25, -0.2) is 0 Å². The molecule has 1 rings (SSSR count). The Hall–Kier alpha value is -0.830. The van der Waals surface area contributed by atoms with Gasteiger partial charge >= 0.3 is 0 Å². The van der Waals surface area contributed by atoms with Gasteiger partial charge in [0.15, 0.2) is 0 Å². The fourth-order valence-electron chi connectivity index (χ4n) is 3.36. The van der Waals surface area contributed by atoms with Crippen molar-refractivity contribution in [2.45, 2.75) is 109 Å². The third kappa shape index (κ3) is 13.6. The summed E-state index contributed by atoms with van der Waals surface area (Å²) in [6.45, 7) is 0.866. The average molecular weight is 336 g/mol. The van der Waals surface area contributed by atoms with Crippen LogP contribution in [0.15, 0.2) is 12.3 Å². The maximum Gasteiger partial charge on any atom is 0.0490 e. The Balaban J connectivity index is 1.66. The van der Waals surface area contributed by atoms with Gasteiger partial charge in [-0.05, 0) is 31.9 Å². The Labute approximate surface area is 150 Å². The molecule has 140 valence electrons. The van der Waals surface area contributed by atoms with Crippen LogP contribution in [-0.4, -0.2) is 16.7 Å². The molecule has 0 aromatic carbocycles. The number of H-pyrrole nitrogens is 1. The zero-order valence-electron chi connectivity index (χ0n) is 15.9. The van der Waals surface area contributed by atoms with Gasteiger partial charge in [0.2, 0.25) is 0 Å². The van der Waals surface area contributed by atoms with E-state index in [4.69, 9.17) is 5.73 Å². The van der Waals surface area contributed by atoms with Crippen molar-refractivity contribution in [2.24, 2.45) is 5.73 Å². The lowest BCUT2D eigenvalue weighted by molar-refractivity contribution is 0.528. The van der Waals surface area contributed by atoms with Gasteiger partial charge < -0.3 is 5.73 Å². The predicted octanol–water partition coefficient (Wildman–Crippen LogP) is 6.15. The van der Waals surface area contributed by atoms with Gasteiger partial charge in [-0.2, -0.15) is 5.10 Å². The molecule has 3 N–H and O–H groups in total. The van der Waals surface area contributed by atoms with Gasteiger partial charge in [0.1, 0.15) is 0 Å². The average Bonchev–Trinajstić information content (AvgIpc) is 3.11. The normalized spacial score (nSPS) is 11.2. The first-order valence-corrected chi connectivity index (χ1v) is 10.6. The molecule has 0 atom stereocenters. The minimum atomic E-state index is 0.866. The zero-order chi connectivity index (χ0) is 17.1. The van der Waals surface area contributed by atoms with Crippen LogP contribution in [0.1, 0.15) is 108 Å². The van der Waals surface area contributed by atoms with Gasteiger partial charge in [-0.3, -0.25) is 5.10 Å². The maximum atomic E-state index is 5.50. The fourth-order valence-corrected chi connectivity index (χ4v) is 3.36. The molecular weight excluding hydrogens is 294 g/mol. The molecule has 0 fully saturated rings. The highest BCUT2D eigenvalue weighted by Crippen LogP contribution is 2.14. The summed E-state index contributed by atoms with van der Waals surface area (Å²) in [6, 6.07) is 2.09. The first kappa shape index (κ1) is 21.2. The fraction of sp³-hybridized carbons (Fsp3) is 0.857. The second kappa shape index (κ2) is 17.0. The van der Waals surface area contributed by atoms with Gasteiger partial charge in [0, 0.05) is 11.9 Å². The van der Waals surface area contributed by atoms with Crippen LogP contribution in [0.4, 0.5) is 0 Å². The third-order valence-corrected chi connectivity index (χ3v) is 4.96. The van der Waals surface area contributed by atoms with Crippen LogP contribution in [0, 0.1) is 0 Å². The first-order chi connectivity index (χ1) is 11.9. The van der Waals surface area contributed by atoms with Crippen molar-refractivity contribution in [1.82, 2.24) is 10.2 Å². The summed E-state index contributed by atoms with van der Waals surface area (Å²) in [4.78, 5) is 0. The number of hydrogen-bond donors (Lipinski definition) is 2. The molecule has 0 aliphatic rings. The van der Waals surface area contributed by atoms with E-state index in [9.17, 15) is 0 Å². The number of unbranched alkanes of at least 4 members (excludes halogenated alkanes) is 15. The SMILES string of the molecule is NCCCCCCCCCCCCCCCCCCc1ccn[nH]1. The van der Waals surface area contributed by atoms with Crippen LogP contribution < -0.4 is 5.73 Å². The number of nitrogens with zero attached hydrogens (tertiary/aromatic N) is 1. The molecule has 1 aromatic heterocycles. The van der Waals surface area contributed by atoms with Crippen LogP contribution >= 0.6 is 0 Å². The monoisotopic (exact) mass is 335 g/mol. The molecule has 0 spiro atoms. The molecule has 0 saturated heterocycles. The molecule has 24 heavy (non-hydrogen) atoms. The number of nitrogens with two attached hydrogens (primary N) is 1. The molecule has 0 saturated carbocycles. The van der Waals surface area contributed by atoms with Gasteiger partial charge in [0.25, 0.3) is 0 Å². The Bertz CT molecular complexity index is 335. The van der Waals surface area contributed by atoms with E-state index in [2.05, 4.69) is 16.3 Å². The maximum absolute atomic E-state index is 5.50. The number of nitrogens with one attached hydrogen (secondary N) is 1. The van der Waals surface area contributed by atoms with E-state index in [1.807, 2.05) is 6.20 Å². The molecule has 0 aliphatic heterocycles. The molecule has 0 unspecified atom stereocenters. The first-order valence-electron chi connectivity index (χ1n) is 10.6. The molecule has 3 nitrogen and oxygen atoms in total. The van der Waals surface area contributed by atoms with E-state index in [0.717, 1.165) is 13.0 Å². The molecule has 1 heterocycles. The van der Waals surface area contributed by atoms with E-state index in [1.165, 1.54) is 108 Å². The Morgan fingerprint density at radius 1 is 0.625 bits per heavy atom. The lowest BCUT2D eigenvalue weighted by atomic mass is 10.0. The molecule has 0 amide bonds. The predicted molar refractivity (Wildman–Crippen MR) is 105 cm³/mol. The summed E-state index contributed by atoms with van der Waals surface area (Å²) in [5.41, 5.74) is 6.79. The van der Waals surface area contributed by atoms with E-state index in [-0.39, 0.29) is 0 Å². The van der Waals surface area contributed by atoms with E-state index < -0.39 is 0 Å².